The first kappa shape index (κ1) is 22.9. The molecule has 172 valence electrons. The van der Waals surface area contributed by atoms with E-state index in [1.54, 1.807) is 18.2 Å². The van der Waals surface area contributed by atoms with Crippen molar-refractivity contribution >= 4 is 5.97 Å². The van der Waals surface area contributed by atoms with Gasteiger partial charge in [0, 0.05) is 23.7 Å². The monoisotopic (exact) mass is 450 g/mol. The molecule has 0 saturated heterocycles. The maximum atomic E-state index is 14.0. The second-order valence-electron chi connectivity index (χ2n) is 8.60. The van der Waals surface area contributed by atoms with Gasteiger partial charge in [-0.05, 0) is 55.2 Å². The van der Waals surface area contributed by atoms with Gasteiger partial charge >= 0.3 is 5.97 Å². The molecule has 1 saturated carbocycles. The fourth-order valence-electron chi connectivity index (χ4n) is 4.45. The number of hydrogen-bond donors (Lipinski definition) is 1. The van der Waals surface area contributed by atoms with Gasteiger partial charge in [-0.2, -0.15) is 5.10 Å². The van der Waals surface area contributed by atoms with Crippen LogP contribution < -0.4 is 5.56 Å². The van der Waals surface area contributed by atoms with Gasteiger partial charge in [0.1, 0.15) is 12.4 Å². The van der Waals surface area contributed by atoms with Crippen LogP contribution in [0.5, 0.6) is 0 Å². The number of benzene rings is 2. The molecule has 1 heterocycles. The summed E-state index contributed by atoms with van der Waals surface area (Å²) < 4.78 is 20.7. The molecule has 1 N–H and O–H groups in total. The summed E-state index contributed by atoms with van der Waals surface area (Å²) in [6.07, 6.45) is 3.70. The van der Waals surface area contributed by atoms with Crippen LogP contribution in [0.1, 0.15) is 25.7 Å². The summed E-state index contributed by atoms with van der Waals surface area (Å²) in [5, 5.41) is 13.4. The third kappa shape index (κ3) is 5.93. The van der Waals surface area contributed by atoms with Gasteiger partial charge in [-0.1, -0.05) is 42.5 Å². The molecule has 0 bridgehead atoms. The Bertz CT molecular complexity index is 1150. The van der Waals surface area contributed by atoms with Crippen molar-refractivity contribution in [2.45, 2.75) is 32.2 Å². The minimum atomic E-state index is -0.956. The lowest BCUT2D eigenvalue weighted by Crippen LogP contribution is -2.29. The first-order valence-electron chi connectivity index (χ1n) is 11.2. The standard InChI is InChI=1S/C26H27FN2O4/c27-22-8-4-7-21(13-22)26-23(20-5-2-1-3-6-20)14-24(30)29(28-26)15-18-9-11-19(12-10-18)16-33-17-25(31)32/h1-8,13-14,18-19H,9-12,15-17H2,(H,31,32)/t18-,19-. The molecule has 1 fully saturated rings. The molecule has 4 rings (SSSR count). The maximum Gasteiger partial charge on any atom is 0.329 e. The van der Waals surface area contributed by atoms with Crippen molar-refractivity contribution in [3.63, 3.8) is 0 Å². The number of nitrogens with zero attached hydrogens (tertiary/aromatic N) is 2. The first-order chi connectivity index (χ1) is 16.0. The van der Waals surface area contributed by atoms with E-state index < -0.39 is 5.97 Å². The number of carboxylic acid groups (broad SMARTS) is 1. The van der Waals surface area contributed by atoms with E-state index in [9.17, 15) is 14.0 Å². The Labute approximate surface area is 191 Å². The molecule has 33 heavy (non-hydrogen) atoms. The van der Waals surface area contributed by atoms with Crippen LogP contribution >= 0.6 is 0 Å². The van der Waals surface area contributed by atoms with E-state index in [-0.39, 0.29) is 18.0 Å². The molecule has 1 aliphatic carbocycles. The van der Waals surface area contributed by atoms with Crippen LogP contribution in [0.4, 0.5) is 4.39 Å². The summed E-state index contributed by atoms with van der Waals surface area (Å²) in [6.45, 7) is 0.682. The third-order valence-electron chi connectivity index (χ3n) is 6.16. The number of aromatic nitrogens is 2. The fraction of sp³-hybridized carbons (Fsp3) is 0.346. The van der Waals surface area contributed by atoms with E-state index in [1.165, 1.54) is 16.8 Å². The van der Waals surface area contributed by atoms with Crippen molar-refractivity contribution in [3.8, 4) is 22.4 Å². The maximum absolute atomic E-state index is 14.0. The topological polar surface area (TPSA) is 81.4 Å². The highest BCUT2D eigenvalue weighted by Crippen LogP contribution is 2.32. The zero-order valence-electron chi connectivity index (χ0n) is 18.3. The molecule has 1 aliphatic rings. The van der Waals surface area contributed by atoms with E-state index in [4.69, 9.17) is 9.84 Å². The lowest BCUT2D eigenvalue weighted by atomic mass is 9.82. The molecule has 0 atom stereocenters. The summed E-state index contributed by atoms with van der Waals surface area (Å²) in [7, 11) is 0. The van der Waals surface area contributed by atoms with Crippen LogP contribution in [-0.4, -0.2) is 34.1 Å². The molecule has 7 heteroatoms. The number of ether oxygens (including phenoxy) is 1. The normalized spacial score (nSPS) is 18.2. The summed E-state index contributed by atoms with van der Waals surface area (Å²) in [4.78, 5) is 23.6. The Hall–Kier alpha value is -3.32. The van der Waals surface area contributed by atoms with Gasteiger partial charge in [-0.25, -0.2) is 13.9 Å². The van der Waals surface area contributed by atoms with Gasteiger partial charge < -0.3 is 9.84 Å². The lowest BCUT2D eigenvalue weighted by Gasteiger charge is -2.28. The molecule has 3 aromatic rings. The molecule has 0 amide bonds. The number of hydrogen-bond acceptors (Lipinski definition) is 4. The zero-order valence-corrected chi connectivity index (χ0v) is 18.3. The number of rotatable bonds is 8. The van der Waals surface area contributed by atoms with E-state index in [2.05, 4.69) is 5.10 Å². The summed E-state index contributed by atoms with van der Waals surface area (Å²) in [5.41, 5.74) is 2.57. The highest BCUT2D eigenvalue weighted by Gasteiger charge is 2.23. The Kier molecular flexibility index (Phi) is 7.29. The van der Waals surface area contributed by atoms with E-state index in [0.29, 0.717) is 41.8 Å². The third-order valence-corrected chi connectivity index (χ3v) is 6.16. The smallest absolute Gasteiger partial charge is 0.329 e. The average molecular weight is 451 g/mol. The highest BCUT2D eigenvalue weighted by atomic mass is 19.1. The van der Waals surface area contributed by atoms with Crippen molar-refractivity contribution in [3.05, 3.63) is 76.8 Å². The number of halogens is 1. The Balaban J connectivity index is 1.54. The average Bonchev–Trinajstić information content (AvgIpc) is 2.81. The lowest BCUT2D eigenvalue weighted by molar-refractivity contribution is -0.142. The SMILES string of the molecule is O=C(O)COC[C@H]1CC[C@H](Cn2nc(-c3cccc(F)c3)c(-c3ccccc3)cc2=O)CC1. The van der Waals surface area contributed by atoms with Crippen LogP contribution in [-0.2, 0) is 16.1 Å². The molecule has 0 aliphatic heterocycles. The van der Waals surface area contributed by atoms with Gasteiger partial charge in [0.25, 0.3) is 5.56 Å². The van der Waals surface area contributed by atoms with Crippen molar-refractivity contribution in [1.29, 1.82) is 0 Å². The molecular formula is C26H27FN2O4. The Morgan fingerprint density at radius 3 is 2.39 bits per heavy atom. The van der Waals surface area contributed by atoms with E-state index in [1.807, 2.05) is 30.3 Å². The van der Waals surface area contributed by atoms with Crippen molar-refractivity contribution < 1.29 is 19.0 Å². The second kappa shape index (κ2) is 10.5. The van der Waals surface area contributed by atoms with Gasteiger partial charge in [-0.3, -0.25) is 4.79 Å². The number of carboxylic acids is 1. The van der Waals surface area contributed by atoms with Crippen LogP contribution in [0, 0.1) is 17.7 Å². The van der Waals surface area contributed by atoms with E-state index in [0.717, 1.165) is 31.2 Å². The molecule has 6 nitrogen and oxygen atoms in total. The number of aliphatic carboxylic acids is 1. The molecule has 2 aromatic carbocycles. The molecule has 0 radical (unpaired) electrons. The Morgan fingerprint density at radius 1 is 1.00 bits per heavy atom. The summed E-state index contributed by atoms with van der Waals surface area (Å²) in [5.74, 6) is -0.667. The minimum absolute atomic E-state index is 0.180. The summed E-state index contributed by atoms with van der Waals surface area (Å²) >= 11 is 0. The van der Waals surface area contributed by atoms with E-state index >= 15 is 0 Å². The van der Waals surface area contributed by atoms with Crippen molar-refractivity contribution in [2.24, 2.45) is 11.8 Å². The van der Waals surface area contributed by atoms with Gasteiger partial charge in [0.05, 0.1) is 12.3 Å². The summed E-state index contributed by atoms with van der Waals surface area (Å²) in [6, 6.07) is 17.4. The predicted molar refractivity (Wildman–Crippen MR) is 123 cm³/mol. The van der Waals surface area contributed by atoms with Crippen LogP contribution in [0.25, 0.3) is 22.4 Å². The first-order valence-corrected chi connectivity index (χ1v) is 11.2. The zero-order chi connectivity index (χ0) is 23.2. The molecular weight excluding hydrogens is 423 g/mol. The molecule has 1 aromatic heterocycles. The predicted octanol–water partition coefficient (Wildman–Crippen LogP) is 4.62. The largest absolute Gasteiger partial charge is 0.480 e. The van der Waals surface area contributed by atoms with Crippen LogP contribution in [0.3, 0.4) is 0 Å². The van der Waals surface area contributed by atoms with Crippen LogP contribution in [0.15, 0.2) is 65.5 Å². The minimum Gasteiger partial charge on any atom is -0.480 e. The van der Waals surface area contributed by atoms with Crippen molar-refractivity contribution in [2.75, 3.05) is 13.2 Å². The van der Waals surface area contributed by atoms with Gasteiger partial charge in [0.15, 0.2) is 0 Å². The van der Waals surface area contributed by atoms with Crippen LogP contribution in [0.2, 0.25) is 0 Å². The molecule has 0 unspecified atom stereocenters. The Morgan fingerprint density at radius 2 is 1.70 bits per heavy atom. The van der Waals surface area contributed by atoms with Gasteiger partial charge in [-0.15, -0.1) is 0 Å². The fourth-order valence-corrected chi connectivity index (χ4v) is 4.45. The highest BCUT2D eigenvalue weighted by molar-refractivity contribution is 5.80. The number of carbonyl (C=O) groups is 1. The van der Waals surface area contributed by atoms with Gasteiger partial charge in [0.2, 0.25) is 0 Å². The second-order valence-corrected chi connectivity index (χ2v) is 8.60. The van der Waals surface area contributed by atoms with Crippen molar-refractivity contribution in [1.82, 2.24) is 9.78 Å². The molecule has 0 spiro atoms. The quantitative estimate of drug-likeness (QED) is 0.541.